The third-order valence-corrected chi connectivity index (χ3v) is 4.21. The summed E-state index contributed by atoms with van der Waals surface area (Å²) in [5.41, 5.74) is 5.61. The van der Waals surface area contributed by atoms with Crippen LogP contribution in [0.3, 0.4) is 0 Å². The number of benzene rings is 1. The summed E-state index contributed by atoms with van der Waals surface area (Å²) in [6, 6.07) is 6.18. The topological polar surface area (TPSA) is 50.4 Å². The summed E-state index contributed by atoms with van der Waals surface area (Å²) in [5.74, 6) is 0.649. The maximum atomic E-state index is 13.0. The SMILES string of the molecule is NC1CCC2N=C(Cc3ccccc3C(F)(F)F)NC2C1. The molecule has 2 aliphatic rings. The number of nitrogens with one attached hydrogen (secondary N) is 1. The van der Waals surface area contributed by atoms with Crippen LogP contribution in [0.1, 0.15) is 30.4 Å². The maximum absolute atomic E-state index is 13.0. The first-order valence-electron chi connectivity index (χ1n) is 7.17. The molecule has 3 nitrogen and oxygen atoms in total. The van der Waals surface area contributed by atoms with Crippen molar-refractivity contribution in [3.8, 4) is 0 Å². The van der Waals surface area contributed by atoms with E-state index in [0.717, 1.165) is 25.3 Å². The van der Waals surface area contributed by atoms with E-state index in [4.69, 9.17) is 5.73 Å². The second-order valence-corrected chi connectivity index (χ2v) is 5.80. The number of fused-ring (bicyclic) bond motifs is 1. The molecule has 0 bridgehead atoms. The second kappa shape index (κ2) is 5.33. The highest BCUT2D eigenvalue weighted by Crippen LogP contribution is 2.33. The van der Waals surface area contributed by atoms with Gasteiger partial charge in [0.1, 0.15) is 5.84 Å². The molecule has 1 heterocycles. The first kappa shape index (κ1) is 14.4. The Morgan fingerprint density at radius 3 is 2.76 bits per heavy atom. The molecule has 114 valence electrons. The van der Waals surface area contributed by atoms with Crippen molar-refractivity contribution in [3.63, 3.8) is 0 Å². The first-order chi connectivity index (χ1) is 9.93. The van der Waals surface area contributed by atoms with Crippen LogP contribution in [0, 0.1) is 0 Å². The maximum Gasteiger partial charge on any atom is 0.416 e. The lowest BCUT2D eigenvalue weighted by Crippen LogP contribution is -2.44. The number of nitrogens with zero attached hydrogens (tertiary/aromatic N) is 1. The molecule has 6 heteroatoms. The fourth-order valence-corrected chi connectivity index (χ4v) is 3.18. The molecule has 1 aromatic rings. The van der Waals surface area contributed by atoms with Crippen molar-refractivity contribution in [1.82, 2.24) is 5.32 Å². The molecule has 0 aromatic heterocycles. The highest BCUT2D eigenvalue weighted by atomic mass is 19.4. The van der Waals surface area contributed by atoms with E-state index in [0.29, 0.717) is 5.84 Å². The molecular formula is C15H18F3N3. The summed E-state index contributed by atoms with van der Waals surface area (Å²) >= 11 is 0. The standard InChI is InChI=1S/C15H18F3N3/c16-15(17,18)11-4-2-1-3-9(11)7-14-20-12-6-5-10(19)8-13(12)21-14/h1-4,10,12-13H,5-8,19H2,(H,20,21). The van der Waals surface area contributed by atoms with Gasteiger partial charge in [-0.2, -0.15) is 13.2 Å². The van der Waals surface area contributed by atoms with Crippen molar-refractivity contribution in [2.45, 2.75) is 50.0 Å². The summed E-state index contributed by atoms with van der Waals surface area (Å²) in [6.07, 6.45) is -1.47. The smallest absolute Gasteiger partial charge is 0.369 e. The van der Waals surface area contributed by atoms with Crippen LogP contribution in [0.2, 0.25) is 0 Å². The third kappa shape index (κ3) is 3.05. The summed E-state index contributed by atoms with van der Waals surface area (Å²) in [4.78, 5) is 4.55. The lowest BCUT2D eigenvalue weighted by molar-refractivity contribution is -0.138. The van der Waals surface area contributed by atoms with Crippen LogP contribution in [0.15, 0.2) is 29.3 Å². The Hall–Kier alpha value is -1.56. The molecular weight excluding hydrogens is 279 g/mol. The number of aliphatic imine (C=N–C) groups is 1. The van der Waals surface area contributed by atoms with Crippen LogP contribution >= 0.6 is 0 Å². The monoisotopic (exact) mass is 297 g/mol. The Balaban J connectivity index is 1.77. The number of hydrogen-bond acceptors (Lipinski definition) is 3. The van der Waals surface area contributed by atoms with E-state index in [1.807, 2.05) is 0 Å². The quantitative estimate of drug-likeness (QED) is 0.881. The van der Waals surface area contributed by atoms with E-state index in [9.17, 15) is 13.2 Å². The Labute approximate surface area is 121 Å². The number of nitrogens with two attached hydrogens (primary N) is 1. The van der Waals surface area contributed by atoms with E-state index >= 15 is 0 Å². The molecule has 0 radical (unpaired) electrons. The minimum atomic E-state index is -4.33. The van der Waals surface area contributed by atoms with E-state index in [1.54, 1.807) is 6.07 Å². The molecule has 1 aliphatic carbocycles. The highest BCUT2D eigenvalue weighted by molar-refractivity contribution is 5.87. The van der Waals surface area contributed by atoms with E-state index in [2.05, 4.69) is 10.3 Å². The molecule has 0 spiro atoms. The van der Waals surface area contributed by atoms with Crippen molar-refractivity contribution in [1.29, 1.82) is 0 Å². The van der Waals surface area contributed by atoms with Crippen LogP contribution in [-0.2, 0) is 12.6 Å². The lowest BCUT2D eigenvalue weighted by atomic mass is 9.88. The van der Waals surface area contributed by atoms with Crippen molar-refractivity contribution < 1.29 is 13.2 Å². The van der Waals surface area contributed by atoms with Gasteiger partial charge < -0.3 is 11.1 Å². The number of hydrogen-bond donors (Lipinski definition) is 2. The summed E-state index contributed by atoms with van der Waals surface area (Å²) < 4.78 is 39.0. The lowest BCUT2D eigenvalue weighted by Gasteiger charge is -2.28. The molecule has 1 aliphatic heterocycles. The van der Waals surface area contributed by atoms with Gasteiger partial charge in [-0.05, 0) is 30.9 Å². The van der Waals surface area contributed by atoms with Gasteiger partial charge >= 0.3 is 6.18 Å². The van der Waals surface area contributed by atoms with E-state index < -0.39 is 11.7 Å². The fraction of sp³-hybridized carbons (Fsp3) is 0.533. The van der Waals surface area contributed by atoms with Gasteiger partial charge in [0.2, 0.25) is 0 Å². The molecule has 21 heavy (non-hydrogen) atoms. The second-order valence-electron chi connectivity index (χ2n) is 5.80. The van der Waals surface area contributed by atoms with Crippen molar-refractivity contribution in [3.05, 3.63) is 35.4 Å². The minimum absolute atomic E-state index is 0.163. The Kier molecular flexibility index (Phi) is 3.65. The van der Waals surface area contributed by atoms with Crippen LogP contribution in [0.5, 0.6) is 0 Å². The van der Waals surface area contributed by atoms with Gasteiger partial charge in [0.05, 0.1) is 17.6 Å². The van der Waals surface area contributed by atoms with Crippen LogP contribution in [0.4, 0.5) is 13.2 Å². The van der Waals surface area contributed by atoms with Crippen LogP contribution in [-0.4, -0.2) is 24.0 Å². The van der Waals surface area contributed by atoms with Gasteiger partial charge in [-0.3, -0.25) is 4.99 Å². The fourth-order valence-electron chi connectivity index (χ4n) is 3.18. The van der Waals surface area contributed by atoms with Crippen molar-refractivity contribution >= 4 is 5.84 Å². The summed E-state index contributed by atoms with van der Waals surface area (Å²) in [6.45, 7) is 0. The molecule has 3 atom stereocenters. The zero-order valence-corrected chi connectivity index (χ0v) is 11.5. The molecule has 1 aromatic carbocycles. The predicted molar refractivity (Wildman–Crippen MR) is 75.1 cm³/mol. The Morgan fingerprint density at radius 1 is 1.24 bits per heavy atom. The average molecular weight is 297 g/mol. The predicted octanol–water partition coefficient (Wildman–Crippen LogP) is 2.50. The number of alkyl halides is 3. The van der Waals surface area contributed by atoms with Crippen LogP contribution in [0.25, 0.3) is 0 Å². The molecule has 0 amide bonds. The highest BCUT2D eigenvalue weighted by Gasteiger charge is 2.36. The van der Waals surface area contributed by atoms with Crippen molar-refractivity contribution in [2.75, 3.05) is 0 Å². The number of rotatable bonds is 2. The van der Waals surface area contributed by atoms with E-state index in [-0.39, 0.29) is 30.1 Å². The van der Waals surface area contributed by atoms with Gasteiger partial charge in [0, 0.05) is 12.5 Å². The largest absolute Gasteiger partial charge is 0.416 e. The third-order valence-electron chi connectivity index (χ3n) is 4.21. The summed E-state index contributed by atoms with van der Waals surface area (Å²) in [5, 5.41) is 3.25. The molecule has 3 rings (SSSR count). The first-order valence-corrected chi connectivity index (χ1v) is 7.17. The molecule has 0 saturated heterocycles. The normalized spacial score (nSPS) is 28.8. The Morgan fingerprint density at radius 2 is 2.00 bits per heavy atom. The zero-order valence-electron chi connectivity index (χ0n) is 11.5. The molecule has 1 fully saturated rings. The molecule has 3 N–H and O–H groups in total. The van der Waals surface area contributed by atoms with Gasteiger partial charge in [0.25, 0.3) is 0 Å². The number of amidine groups is 1. The summed E-state index contributed by atoms with van der Waals surface area (Å²) in [7, 11) is 0. The van der Waals surface area contributed by atoms with Gasteiger partial charge in [-0.15, -0.1) is 0 Å². The van der Waals surface area contributed by atoms with E-state index in [1.165, 1.54) is 12.1 Å². The van der Waals surface area contributed by atoms with Crippen LogP contribution < -0.4 is 11.1 Å². The average Bonchev–Trinajstić information content (AvgIpc) is 2.79. The van der Waals surface area contributed by atoms with Gasteiger partial charge in [-0.25, -0.2) is 0 Å². The van der Waals surface area contributed by atoms with Gasteiger partial charge in [-0.1, -0.05) is 18.2 Å². The zero-order chi connectivity index (χ0) is 15.0. The molecule has 3 unspecified atom stereocenters. The van der Waals surface area contributed by atoms with Gasteiger partial charge in [0.15, 0.2) is 0 Å². The van der Waals surface area contributed by atoms with Crippen molar-refractivity contribution in [2.24, 2.45) is 10.7 Å². The number of halogens is 3. The minimum Gasteiger partial charge on any atom is -0.369 e. The Bertz CT molecular complexity index is 553. The molecule has 1 saturated carbocycles.